The summed E-state index contributed by atoms with van der Waals surface area (Å²) in [6.45, 7) is 1.13. The third kappa shape index (κ3) is 2.46. The van der Waals surface area contributed by atoms with Gasteiger partial charge in [0, 0.05) is 19.1 Å². The first-order valence-corrected chi connectivity index (χ1v) is 5.95. The van der Waals surface area contributed by atoms with Crippen LogP contribution in [0.3, 0.4) is 0 Å². The van der Waals surface area contributed by atoms with Crippen LogP contribution in [0.5, 0.6) is 0 Å². The topological polar surface area (TPSA) is 69.6 Å². The fourth-order valence-corrected chi connectivity index (χ4v) is 2.15. The van der Waals surface area contributed by atoms with Gasteiger partial charge in [0.05, 0.1) is 5.92 Å². The number of urea groups is 1. The number of hydrogen-bond acceptors (Lipinski definition) is 2. The van der Waals surface area contributed by atoms with Gasteiger partial charge in [0.25, 0.3) is 0 Å². The molecule has 0 spiro atoms. The Morgan fingerprint density at radius 2 is 1.75 bits per heavy atom. The van der Waals surface area contributed by atoms with E-state index in [-0.39, 0.29) is 11.9 Å². The van der Waals surface area contributed by atoms with Crippen LogP contribution in [0.1, 0.15) is 32.1 Å². The highest BCUT2D eigenvalue weighted by Crippen LogP contribution is 2.20. The van der Waals surface area contributed by atoms with Crippen molar-refractivity contribution >= 4 is 12.0 Å². The van der Waals surface area contributed by atoms with Crippen LogP contribution in [0.2, 0.25) is 0 Å². The second kappa shape index (κ2) is 4.72. The molecule has 1 aliphatic carbocycles. The highest BCUT2D eigenvalue weighted by Gasteiger charge is 2.28. The monoisotopic (exact) mass is 226 g/mol. The molecule has 5 heteroatoms. The van der Waals surface area contributed by atoms with Gasteiger partial charge in [0.1, 0.15) is 0 Å². The molecule has 0 unspecified atom stereocenters. The van der Waals surface area contributed by atoms with Gasteiger partial charge in [-0.15, -0.1) is 0 Å². The number of nitrogens with one attached hydrogen (secondary N) is 1. The lowest BCUT2D eigenvalue weighted by Crippen LogP contribution is -2.50. The van der Waals surface area contributed by atoms with E-state index >= 15 is 0 Å². The third-order valence-corrected chi connectivity index (χ3v) is 3.56. The first kappa shape index (κ1) is 11.2. The van der Waals surface area contributed by atoms with Gasteiger partial charge in [-0.2, -0.15) is 0 Å². The Hall–Kier alpha value is -1.26. The number of aliphatic carboxylic acids is 1. The Kier molecular flexibility index (Phi) is 3.31. The van der Waals surface area contributed by atoms with Crippen molar-refractivity contribution < 1.29 is 14.7 Å². The molecule has 1 heterocycles. The van der Waals surface area contributed by atoms with E-state index in [0.29, 0.717) is 32.0 Å². The predicted molar refractivity (Wildman–Crippen MR) is 58.1 cm³/mol. The van der Waals surface area contributed by atoms with Gasteiger partial charge in [-0.25, -0.2) is 4.79 Å². The first-order valence-electron chi connectivity index (χ1n) is 5.95. The highest BCUT2D eigenvalue weighted by atomic mass is 16.4. The largest absolute Gasteiger partial charge is 0.481 e. The zero-order chi connectivity index (χ0) is 11.5. The molecule has 1 saturated carbocycles. The van der Waals surface area contributed by atoms with Crippen LogP contribution in [0.4, 0.5) is 4.79 Å². The number of carboxylic acid groups (broad SMARTS) is 1. The van der Waals surface area contributed by atoms with Crippen LogP contribution >= 0.6 is 0 Å². The molecule has 2 rings (SSSR count). The molecule has 5 nitrogen and oxygen atoms in total. The molecule has 0 aromatic carbocycles. The van der Waals surface area contributed by atoms with Crippen LogP contribution < -0.4 is 5.32 Å². The summed E-state index contributed by atoms with van der Waals surface area (Å²) in [7, 11) is 0. The highest BCUT2D eigenvalue weighted by molar-refractivity contribution is 5.75. The Morgan fingerprint density at radius 1 is 1.12 bits per heavy atom. The summed E-state index contributed by atoms with van der Waals surface area (Å²) in [4.78, 5) is 24.2. The minimum Gasteiger partial charge on any atom is -0.481 e. The molecule has 90 valence electrons. The molecule has 0 aromatic heterocycles. The Morgan fingerprint density at radius 3 is 2.19 bits per heavy atom. The SMILES string of the molecule is O=C(O)C1CCN(C(=O)NC2CCC2)CC1. The lowest BCUT2D eigenvalue weighted by molar-refractivity contribution is -0.143. The molecule has 2 fully saturated rings. The number of likely N-dealkylation sites (tertiary alicyclic amines) is 1. The standard InChI is InChI=1S/C11H18N2O3/c14-10(15)8-4-6-13(7-5-8)11(16)12-9-2-1-3-9/h8-9H,1-7H2,(H,12,16)(H,14,15). The molecular formula is C11H18N2O3. The number of nitrogens with zero attached hydrogens (tertiary/aromatic N) is 1. The third-order valence-electron chi connectivity index (χ3n) is 3.56. The van der Waals surface area contributed by atoms with E-state index in [1.165, 1.54) is 6.42 Å². The van der Waals surface area contributed by atoms with E-state index in [1.54, 1.807) is 4.90 Å². The second-order valence-electron chi connectivity index (χ2n) is 4.68. The van der Waals surface area contributed by atoms with Crippen LogP contribution in [0.15, 0.2) is 0 Å². The Labute approximate surface area is 94.8 Å². The molecule has 2 N–H and O–H groups in total. The van der Waals surface area contributed by atoms with E-state index < -0.39 is 5.97 Å². The molecule has 1 aliphatic heterocycles. The lowest BCUT2D eigenvalue weighted by Gasteiger charge is -2.34. The van der Waals surface area contributed by atoms with Crippen LogP contribution in [-0.4, -0.2) is 41.1 Å². The smallest absolute Gasteiger partial charge is 0.317 e. The summed E-state index contributed by atoms with van der Waals surface area (Å²) < 4.78 is 0. The van der Waals surface area contributed by atoms with Gasteiger partial charge in [-0.3, -0.25) is 4.79 Å². The Balaban J connectivity index is 1.74. The van der Waals surface area contributed by atoms with E-state index in [0.717, 1.165) is 12.8 Å². The molecule has 2 amide bonds. The van der Waals surface area contributed by atoms with Crippen LogP contribution in [0, 0.1) is 5.92 Å². The maximum absolute atomic E-state index is 11.7. The minimum absolute atomic E-state index is 0.0199. The number of carbonyl (C=O) groups excluding carboxylic acids is 1. The molecule has 2 aliphatic rings. The second-order valence-corrected chi connectivity index (χ2v) is 4.68. The molecule has 0 radical (unpaired) electrons. The average Bonchev–Trinajstić information content (AvgIpc) is 2.23. The number of hydrogen-bond donors (Lipinski definition) is 2. The summed E-state index contributed by atoms with van der Waals surface area (Å²) in [5, 5.41) is 11.8. The van der Waals surface area contributed by atoms with Crippen molar-refractivity contribution in [1.82, 2.24) is 10.2 Å². The van der Waals surface area contributed by atoms with Gasteiger partial charge in [0.2, 0.25) is 0 Å². The molecule has 16 heavy (non-hydrogen) atoms. The molecule has 0 aromatic rings. The normalized spacial score (nSPS) is 22.6. The zero-order valence-electron chi connectivity index (χ0n) is 9.32. The van der Waals surface area contributed by atoms with Crippen molar-refractivity contribution in [3.63, 3.8) is 0 Å². The van der Waals surface area contributed by atoms with Crippen LogP contribution in [0.25, 0.3) is 0 Å². The van der Waals surface area contributed by atoms with Crippen molar-refractivity contribution in [2.75, 3.05) is 13.1 Å². The summed E-state index contributed by atoms with van der Waals surface area (Å²) in [5.41, 5.74) is 0. The molecular weight excluding hydrogens is 208 g/mol. The lowest BCUT2D eigenvalue weighted by atomic mass is 9.93. The van der Waals surface area contributed by atoms with E-state index in [4.69, 9.17) is 5.11 Å². The summed E-state index contributed by atoms with van der Waals surface area (Å²) in [6.07, 6.45) is 4.52. The van der Waals surface area contributed by atoms with Gasteiger partial charge in [0.15, 0.2) is 0 Å². The quantitative estimate of drug-likeness (QED) is 0.739. The van der Waals surface area contributed by atoms with Crippen molar-refractivity contribution in [3.05, 3.63) is 0 Å². The number of amides is 2. The summed E-state index contributed by atoms with van der Waals surface area (Å²) >= 11 is 0. The van der Waals surface area contributed by atoms with Crippen molar-refractivity contribution in [1.29, 1.82) is 0 Å². The van der Waals surface area contributed by atoms with Crippen molar-refractivity contribution in [2.45, 2.75) is 38.1 Å². The average molecular weight is 226 g/mol. The minimum atomic E-state index is -0.737. The van der Waals surface area contributed by atoms with Crippen molar-refractivity contribution in [2.24, 2.45) is 5.92 Å². The number of carboxylic acids is 1. The van der Waals surface area contributed by atoms with E-state index in [1.807, 2.05) is 0 Å². The van der Waals surface area contributed by atoms with Gasteiger partial charge in [-0.1, -0.05) is 0 Å². The molecule has 0 atom stereocenters. The number of piperidine rings is 1. The fourth-order valence-electron chi connectivity index (χ4n) is 2.15. The molecule has 1 saturated heterocycles. The van der Waals surface area contributed by atoms with E-state index in [9.17, 15) is 9.59 Å². The van der Waals surface area contributed by atoms with Crippen LogP contribution in [-0.2, 0) is 4.79 Å². The summed E-state index contributed by atoms with van der Waals surface area (Å²) in [6, 6.07) is 0.332. The summed E-state index contributed by atoms with van der Waals surface area (Å²) in [5.74, 6) is -1.01. The Bertz CT molecular complexity index is 281. The molecule has 0 bridgehead atoms. The fraction of sp³-hybridized carbons (Fsp3) is 0.818. The van der Waals surface area contributed by atoms with Crippen molar-refractivity contribution in [3.8, 4) is 0 Å². The first-order chi connectivity index (χ1) is 7.66. The zero-order valence-corrected chi connectivity index (χ0v) is 9.32. The number of carbonyl (C=O) groups is 2. The predicted octanol–water partition coefficient (Wildman–Crippen LogP) is 1.05. The van der Waals surface area contributed by atoms with Gasteiger partial charge in [-0.05, 0) is 32.1 Å². The van der Waals surface area contributed by atoms with Gasteiger partial charge >= 0.3 is 12.0 Å². The maximum atomic E-state index is 11.7. The number of rotatable bonds is 2. The van der Waals surface area contributed by atoms with E-state index in [2.05, 4.69) is 5.32 Å². The maximum Gasteiger partial charge on any atom is 0.317 e. The van der Waals surface area contributed by atoms with Gasteiger partial charge < -0.3 is 15.3 Å².